The molecule has 22 heavy (non-hydrogen) atoms. The number of nitrogens with one attached hydrogen (secondary N) is 1. The molecule has 4 nitrogen and oxygen atoms in total. The number of amides is 1. The van der Waals surface area contributed by atoms with Gasteiger partial charge in [0.1, 0.15) is 0 Å². The number of carbonyl (C=O) groups excluding carboxylic acids is 1. The second-order valence-electron chi connectivity index (χ2n) is 5.89. The number of sulfone groups is 1. The van der Waals surface area contributed by atoms with Crippen LogP contribution in [0.5, 0.6) is 0 Å². The van der Waals surface area contributed by atoms with Gasteiger partial charge in [-0.3, -0.25) is 4.79 Å². The van der Waals surface area contributed by atoms with Crippen LogP contribution >= 0.6 is 11.6 Å². The lowest BCUT2D eigenvalue weighted by Gasteiger charge is -2.08. The predicted molar refractivity (Wildman–Crippen MR) is 88.8 cm³/mol. The lowest BCUT2D eigenvalue weighted by atomic mass is 10.0. The largest absolute Gasteiger partial charge is 0.356 e. The number of carbonyl (C=O) groups is 1. The van der Waals surface area contributed by atoms with E-state index in [-0.39, 0.29) is 11.8 Å². The van der Waals surface area contributed by atoms with Crippen molar-refractivity contribution in [3.8, 4) is 0 Å². The van der Waals surface area contributed by atoms with Crippen molar-refractivity contribution in [1.82, 2.24) is 5.32 Å². The molecule has 1 heterocycles. The van der Waals surface area contributed by atoms with E-state index in [2.05, 4.69) is 5.32 Å². The van der Waals surface area contributed by atoms with E-state index >= 15 is 0 Å². The van der Waals surface area contributed by atoms with Gasteiger partial charge in [-0.25, -0.2) is 8.42 Å². The van der Waals surface area contributed by atoms with E-state index in [0.29, 0.717) is 35.9 Å². The summed E-state index contributed by atoms with van der Waals surface area (Å²) in [5.41, 5.74) is 1.05. The molecule has 1 aliphatic rings. The molecule has 0 aromatic heterocycles. The molecule has 0 spiro atoms. The van der Waals surface area contributed by atoms with Crippen LogP contribution in [0.3, 0.4) is 0 Å². The van der Waals surface area contributed by atoms with E-state index in [1.165, 1.54) is 0 Å². The van der Waals surface area contributed by atoms with Gasteiger partial charge in [0.05, 0.1) is 11.5 Å². The number of hydrogen-bond acceptors (Lipinski definition) is 3. The Bertz CT molecular complexity index is 616. The summed E-state index contributed by atoms with van der Waals surface area (Å²) >= 11 is 5.90. The lowest BCUT2D eigenvalue weighted by molar-refractivity contribution is -0.121. The molecule has 1 N–H and O–H groups in total. The highest BCUT2D eigenvalue weighted by Crippen LogP contribution is 2.22. The highest BCUT2D eigenvalue weighted by Gasteiger charge is 2.27. The molecule has 122 valence electrons. The third kappa shape index (κ3) is 5.97. The molecule has 0 radical (unpaired) electrons. The maximum atomic E-state index is 11.8. The maximum Gasteiger partial charge on any atom is 0.220 e. The maximum absolute atomic E-state index is 11.8. The normalized spacial score (nSPS) is 20.0. The Morgan fingerprint density at radius 3 is 2.86 bits per heavy atom. The number of rotatable bonds is 7. The highest BCUT2D eigenvalue weighted by molar-refractivity contribution is 7.91. The first-order valence-corrected chi connectivity index (χ1v) is 9.86. The Kier molecular flexibility index (Phi) is 6.26. The molecule has 2 rings (SSSR count). The minimum absolute atomic E-state index is 0.0269. The van der Waals surface area contributed by atoms with Crippen molar-refractivity contribution < 1.29 is 13.2 Å². The number of halogens is 1. The van der Waals surface area contributed by atoms with Gasteiger partial charge in [0.25, 0.3) is 0 Å². The van der Waals surface area contributed by atoms with Gasteiger partial charge in [0, 0.05) is 18.0 Å². The van der Waals surface area contributed by atoms with Gasteiger partial charge >= 0.3 is 0 Å². The van der Waals surface area contributed by atoms with Crippen molar-refractivity contribution in [3.63, 3.8) is 0 Å². The van der Waals surface area contributed by atoms with E-state index in [9.17, 15) is 13.2 Å². The molecule has 1 fully saturated rings. The zero-order valence-electron chi connectivity index (χ0n) is 12.6. The molecular weight excluding hydrogens is 322 g/mol. The van der Waals surface area contributed by atoms with Gasteiger partial charge in [0.15, 0.2) is 9.84 Å². The van der Waals surface area contributed by atoms with Crippen LogP contribution in [-0.2, 0) is 21.1 Å². The topological polar surface area (TPSA) is 63.2 Å². The van der Waals surface area contributed by atoms with Gasteiger partial charge in [-0.1, -0.05) is 23.7 Å². The van der Waals surface area contributed by atoms with Gasteiger partial charge in [0.2, 0.25) is 5.91 Å². The van der Waals surface area contributed by atoms with Gasteiger partial charge in [-0.2, -0.15) is 0 Å². The second-order valence-corrected chi connectivity index (χ2v) is 8.56. The molecule has 0 aliphatic carbocycles. The zero-order chi connectivity index (χ0) is 16.0. The van der Waals surface area contributed by atoms with Crippen LogP contribution in [-0.4, -0.2) is 32.4 Å². The second kappa shape index (κ2) is 7.97. The van der Waals surface area contributed by atoms with Crippen LogP contribution in [0.2, 0.25) is 5.02 Å². The Morgan fingerprint density at radius 2 is 2.18 bits per heavy atom. The smallest absolute Gasteiger partial charge is 0.220 e. The van der Waals surface area contributed by atoms with Crippen molar-refractivity contribution >= 4 is 27.3 Å². The number of hydrogen-bond donors (Lipinski definition) is 1. The first-order valence-electron chi connectivity index (χ1n) is 7.66. The van der Waals surface area contributed by atoms with Crippen LogP contribution in [0, 0.1) is 5.92 Å². The Balaban J connectivity index is 1.58. The van der Waals surface area contributed by atoms with E-state index < -0.39 is 9.84 Å². The minimum Gasteiger partial charge on any atom is -0.356 e. The van der Waals surface area contributed by atoms with E-state index in [4.69, 9.17) is 11.6 Å². The van der Waals surface area contributed by atoms with E-state index in [1.807, 2.05) is 24.3 Å². The average molecular weight is 344 g/mol. The fraction of sp³-hybridized carbons (Fsp3) is 0.562. The van der Waals surface area contributed by atoms with Crippen LogP contribution in [0.15, 0.2) is 24.3 Å². The van der Waals surface area contributed by atoms with Crippen LogP contribution in [0.4, 0.5) is 0 Å². The molecule has 1 atom stereocenters. The summed E-state index contributed by atoms with van der Waals surface area (Å²) in [6.45, 7) is 0.616. The summed E-state index contributed by atoms with van der Waals surface area (Å²) in [5.74, 6) is 0.937. The lowest BCUT2D eigenvalue weighted by Crippen LogP contribution is -2.25. The Labute approximate surface area is 137 Å². The molecule has 1 aromatic carbocycles. The highest BCUT2D eigenvalue weighted by atomic mass is 35.5. The van der Waals surface area contributed by atoms with Crippen molar-refractivity contribution in [3.05, 3.63) is 34.9 Å². The van der Waals surface area contributed by atoms with Crippen molar-refractivity contribution in [1.29, 1.82) is 0 Å². The molecule has 0 saturated carbocycles. The first kappa shape index (κ1) is 17.3. The van der Waals surface area contributed by atoms with E-state index in [1.54, 1.807) is 0 Å². The fourth-order valence-corrected chi connectivity index (χ4v) is 4.88. The Hall–Kier alpha value is -1.07. The fourth-order valence-electron chi connectivity index (χ4n) is 2.76. The molecule has 1 aliphatic heterocycles. The standard InChI is InChI=1S/C16H22ClNO3S/c17-15-5-1-3-13(11-15)6-7-16(19)18-9-2-4-14-8-10-22(20,21)12-14/h1,3,5,11,14H,2,4,6-10,12H2,(H,18,19). The van der Waals surface area contributed by atoms with Crippen LogP contribution < -0.4 is 5.32 Å². The molecular formula is C16H22ClNO3S. The number of aryl methyl sites for hydroxylation is 1. The van der Waals surface area contributed by atoms with Crippen molar-refractivity contribution in [2.45, 2.75) is 32.1 Å². The van der Waals surface area contributed by atoms with Crippen molar-refractivity contribution in [2.24, 2.45) is 5.92 Å². The molecule has 1 amide bonds. The molecule has 1 aromatic rings. The molecule has 1 unspecified atom stereocenters. The summed E-state index contributed by atoms with van der Waals surface area (Å²) in [7, 11) is -2.79. The summed E-state index contributed by atoms with van der Waals surface area (Å²) in [5, 5.41) is 3.58. The first-order chi connectivity index (χ1) is 10.4. The number of benzene rings is 1. The molecule has 1 saturated heterocycles. The summed E-state index contributed by atoms with van der Waals surface area (Å²) in [6, 6.07) is 7.52. The zero-order valence-corrected chi connectivity index (χ0v) is 14.1. The minimum atomic E-state index is -2.79. The van der Waals surface area contributed by atoms with Gasteiger partial charge in [-0.05, 0) is 49.3 Å². The SMILES string of the molecule is O=C(CCc1cccc(Cl)c1)NCCCC1CCS(=O)(=O)C1. The van der Waals surface area contributed by atoms with Crippen LogP contribution in [0.25, 0.3) is 0 Å². The van der Waals surface area contributed by atoms with Crippen molar-refractivity contribution in [2.75, 3.05) is 18.1 Å². The van der Waals surface area contributed by atoms with Crippen LogP contribution in [0.1, 0.15) is 31.2 Å². The summed E-state index contributed by atoms with van der Waals surface area (Å²) < 4.78 is 22.7. The third-order valence-electron chi connectivity index (χ3n) is 3.97. The van der Waals surface area contributed by atoms with Gasteiger partial charge < -0.3 is 5.32 Å². The predicted octanol–water partition coefficient (Wildman–Crippen LogP) is 2.60. The van der Waals surface area contributed by atoms with E-state index in [0.717, 1.165) is 24.8 Å². The monoisotopic (exact) mass is 343 g/mol. The average Bonchev–Trinajstić information content (AvgIpc) is 2.81. The third-order valence-corrected chi connectivity index (χ3v) is 6.04. The molecule has 0 bridgehead atoms. The Morgan fingerprint density at radius 1 is 1.36 bits per heavy atom. The summed E-state index contributed by atoms with van der Waals surface area (Å²) in [6.07, 6.45) is 3.59. The summed E-state index contributed by atoms with van der Waals surface area (Å²) in [4.78, 5) is 11.8. The quantitative estimate of drug-likeness (QED) is 0.774. The molecule has 6 heteroatoms. The van der Waals surface area contributed by atoms with Gasteiger partial charge in [-0.15, -0.1) is 0 Å².